The Hall–Kier alpha value is -3.14. The van der Waals surface area contributed by atoms with Crippen molar-refractivity contribution in [3.8, 4) is 11.1 Å². The first-order chi connectivity index (χ1) is 22.0. The number of halogens is 3. The summed E-state index contributed by atoms with van der Waals surface area (Å²) in [5.41, 5.74) is 8.29. The van der Waals surface area contributed by atoms with Gasteiger partial charge in [0, 0.05) is 28.5 Å². The second kappa shape index (κ2) is 14.3. The molecule has 2 aromatic heterocycles. The summed E-state index contributed by atoms with van der Waals surface area (Å²) in [5.74, 6) is -0.243. The summed E-state index contributed by atoms with van der Waals surface area (Å²) in [6, 6.07) is 1.80. The molecular formula is C36H48ClF2N7. The van der Waals surface area contributed by atoms with Crippen molar-refractivity contribution in [3.63, 3.8) is 0 Å². The van der Waals surface area contributed by atoms with Gasteiger partial charge in [-0.25, -0.2) is 18.7 Å². The molecule has 248 valence electrons. The minimum atomic E-state index is -0.815. The number of nitrogen functional groups attached to an aromatic ring is 1. The lowest BCUT2D eigenvalue weighted by atomic mass is 9.88. The van der Waals surface area contributed by atoms with Crippen LogP contribution in [0, 0.1) is 24.5 Å². The number of nitrogens with zero attached hydrogens (tertiary/aromatic N) is 4. The maximum Gasteiger partial charge on any atom is 0.160 e. The number of H-pyrrole nitrogens is 1. The fourth-order valence-electron chi connectivity index (χ4n) is 7.21. The number of fused-ring (bicyclic) bond motifs is 3. The molecule has 2 aliphatic rings. The highest BCUT2D eigenvalue weighted by Crippen LogP contribution is 2.45. The Morgan fingerprint density at radius 1 is 1.17 bits per heavy atom. The zero-order valence-corrected chi connectivity index (χ0v) is 28.7. The Morgan fingerprint density at radius 2 is 1.89 bits per heavy atom. The molecule has 2 fully saturated rings. The van der Waals surface area contributed by atoms with Crippen molar-refractivity contribution in [2.75, 3.05) is 31.9 Å². The van der Waals surface area contributed by atoms with Crippen LogP contribution in [0.1, 0.15) is 89.6 Å². The largest absolute Gasteiger partial charge is 0.383 e. The molecule has 0 amide bonds. The molecule has 2 aromatic carbocycles. The van der Waals surface area contributed by atoms with Crippen LogP contribution in [0.15, 0.2) is 18.8 Å². The Kier molecular flexibility index (Phi) is 10.6. The zero-order valence-electron chi connectivity index (χ0n) is 27.9. The van der Waals surface area contributed by atoms with E-state index >= 15 is 8.78 Å². The predicted molar refractivity (Wildman–Crippen MR) is 187 cm³/mol. The number of hydrogen-bond acceptors (Lipinski definition) is 6. The maximum absolute atomic E-state index is 16.4. The fraction of sp³-hybridized carbons (Fsp3) is 0.528. The Morgan fingerprint density at radius 3 is 2.54 bits per heavy atom. The summed E-state index contributed by atoms with van der Waals surface area (Å²) in [5, 5.41) is 11.2. The van der Waals surface area contributed by atoms with Crippen LogP contribution in [0.4, 0.5) is 14.6 Å². The number of nitrogens with one attached hydrogen (secondary N) is 2. The second-order valence-corrected chi connectivity index (χ2v) is 13.6. The lowest BCUT2D eigenvalue weighted by Gasteiger charge is -2.32. The average molecular weight is 652 g/mol. The Balaban J connectivity index is 0.000000407. The van der Waals surface area contributed by atoms with E-state index in [1.165, 1.54) is 45.0 Å². The molecule has 1 unspecified atom stereocenters. The van der Waals surface area contributed by atoms with Gasteiger partial charge in [-0.05, 0) is 102 Å². The molecule has 0 saturated carbocycles. The summed E-state index contributed by atoms with van der Waals surface area (Å²) in [4.78, 5) is 11.7. The Bertz CT molecular complexity index is 1720. The SMILES string of the molecule is C=C(C)c1c(F)c(-c2c(Cl)c(C)cc3[nH]ncc23)c(F)c2nc(CCC34CCCN3CCC4)nc(N)c12.CCCNCC(C)CC. The average Bonchev–Trinajstić information content (AvgIpc) is 3.75. The van der Waals surface area contributed by atoms with Gasteiger partial charge < -0.3 is 11.1 Å². The highest BCUT2D eigenvalue weighted by atomic mass is 35.5. The van der Waals surface area contributed by atoms with Gasteiger partial charge in [-0.1, -0.05) is 45.4 Å². The van der Waals surface area contributed by atoms with Crippen molar-refractivity contribution < 1.29 is 8.78 Å². The van der Waals surface area contributed by atoms with Crippen LogP contribution in [0.2, 0.25) is 5.02 Å². The molecule has 6 rings (SSSR count). The summed E-state index contributed by atoms with van der Waals surface area (Å²) in [7, 11) is 0. The van der Waals surface area contributed by atoms with Gasteiger partial charge in [0.2, 0.25) is 0 Å². The number of aromatic amines is 1. The van der Waals surface area contributed by atoms with E-state index in [1.54, 1.807) is 19.9 Å². The highest BCUT2D eigenvalue weighted by Gasteiger charge is 2.43. The van der Waals surface area contributed by atoms with Gasteiger partial charge >= 0.3 is 0 Å². The summed E-state index contributed by atoms with van der Waals surface area (Å²) in [6.45, 7) is 18.7. The molecule has 1 atom stereocenters. The van der Waals surface area contributed by atoms with E-state index in [0.29, 0.717) is 34.3 Å². The van der Waals surface area contributed by atoms with E-state index in [2.05, 4.69) is 57.7 Å². The number of anilines is 1. The molecule has 10 heteroatoms. The van der Waals surface area contributed by atoms with E-state index in [-0.39, 0.29) is 44.0 Å². The number of aryl methyl sites for hydroxylation is 2. The van der Waals surface area contributed by atoms with Crippen LogP contribution >= 0.6 is 11.6 Å². The van der Waals surface area contributed by atoms with Gasteiger partial charge in [-0.2, -0.15) is 5.10 Å². The molecule has 0 bridgehead atoms. The maximum atomic E-state index is 16.4. The van der Waals surface area contributed by atoms with E-state index in [0.717, 1.165) is 38.3 Å². The van der Waals surface area contributed by atoms with E-state index in [1.807, 2.05) is 0 Å². The van der Waals surface area contributed by atoms with E-state index < -0.39 is 11.6 Å². The standard InChI is InChI=1S/C28H29ClF2N6.C8H19N/c1-14(2)19-22-26(34-18(35-27(22)32)6-9-28-7-4-10-37(28)11-5-8-28)25(31)21(24(19)30)20-16-13-33-36-17(16)12-15(3)23(20)29;1-4-6-9-7-8(3)5-2/h12-13H,1,4-11H2,2-3H3,(H,33,36)(H2,32,34,35);8-9H,4-7H2,1-3H3. The number of hydrogen-bond donors (Lipinski definition) is 3. The van der Waals surface area contributed by atoms with E-state index in [4.69, 9.17) is 17.3 Å². The first kappa shape index (κ1) is 34.2. The molecule has 7 nitrogen and oxygen atoms in total. The monoisotopic (exact) mass is 651 g/mol. The molecular weight excluding hydrogens is 604 g/mol. The van der Waals surface area contributed by atoms with Crippen LogP contribution in [0.5, 0.6) is 0 Å². The number of rotatable bonds is 10. The number of benzene rings is 2. The van der Waals surface area contributed by atoms with Crippen molar-refractivity contribution in [3.05, 3.63) is 52.5 Å². The van der Waals surface area contributed by atoms with Gasteiger partial charge in [0.1, 0.15) is 23.0 Å². The second-order valence-electron chi connectivity index (χ2n) is 13.3. The molecule has 4 aromatic rings. The van der Waals surface area contributed by atoms with Crippen LogP contribution in [0.3, 0.4) is 0 Å². The minimum Gasteiger partial charge on any atom is -0.383 e. The number of nitrogens with two attached hydrogens (primary N) is 1. The summed E-state index contributed by atoms with van der Waals surface area (Å²) < 4.78 is 32.6. The van der Waals surface area contributed by atoms with Crippen molar-refractivity contribution in [1.82, 2.24) is 30.4 Å². The zero-order chi connectivity index (χ0) is 33.2. The van der Waals surface area contributed by atoms with Crippen molar-refractivity contribution in [2.45, 2.75) is 91.5 Å². The van der Waals surface area contributed by atoms with Crippen molar-refractivity contribution in [1.29, 1.82) is 0 Å². The van der Waals surface area contributed by atoms with Crippen LogP contribution < -0.4 is 11.1 Å². The molecule has 4 N–H and O–H groups in total. The van der Waals surface area contributed by atoms with Crippen molar-refractivity contribution >= 4 is 44.8 Å². The molecule has 0 radical (unpaired) electrons. The minimum absolute atomic E-state index is 0.0154. The molecule has 2 aliphatic heterocycles. The van der Waals surface area contributed by atoms with E-state index in [9.17, 15) is 0 Å². The first-order valence-corrected chi connectivity index (χ1v) is 17.1. The summed E-state index contributed by atoms with van der Waals surface area (Å²) in [6.07, 6.45) is 10.2. The fourth-order valence-corrected chi connectivity index (χ4v) is 7.46. The molecule has 4 heterocycles. The third kappa shape index (κ3) is 6.51. The number of allylic oxidation sites excluding steroid dienone is 1. The smallest absolute Gasteiger partial charge is 0.160 e. The molecule has 0 aliphatic carbocycles. The van der Waals surface area contributed by atoms with Gasteiger partial charge in [0.05, 0.1) is 27.7 Å². The first-order valence-electron chi connectivity index (χ1n) is 16.7. The van der Waals surface area contributed by atoms with Gasteiger partial charge in [-0.3, -0.25) is 10.00 Å². The molecule has 46 heavy (non-hydrogen) atoms. The normalized spacial score (nSPS) is 16.5. The van der Waals surface area contributed by atoms with Gasteiger partial charge in [-0.15, -0.1) is 0 Å². The summed E-state index contributed by atoms with van der Waals surface area (Å²) >= 11 is 6.67. The predicted octanol–water partition coefficient (Wildman–Crippen LogP) is 8.62. The lowest BCUT2D eigenvalue weighted by molar-refractivity contribution is 0.182. The lowest BCUT2D eigenvalue weighted by Crippen LogP contribution is -2.38. The van der Waals surface area contributed by atoms with Gasteiger partial charge in [0.15, 0.2) is 5.82 Å². The topological polar surface area (TPSA) is 95.8 Å². The molecule has 0 spiro atoms. The quantitative estimate of drug-likeness (QED) is 0.149. The Labute approximate surface area is 276 Å². The van der Waals surface area contributed by atoms with Crippen LogP contribution in [-0.2, 0) is 6.42 Å². The molecule has 2 saturated heterocycles. The third-order valence-electron chi connectivity index (χ3n) is 9.88. The van der Waals surface area contributed by atoms with Crippen LogP contribution in [-0.4, -0.2) is 56.8 Å². The highest BCUT2D eigenvalue weighted by molar-refractivity contribution is 6.36. The van der Waals surface area contributed by atoms with Gasteiger partial charge in [0.25, 0.3) is 0 Å². The number of aromatic nitrogens is 4. The van der Waals surface area contributed by atoms with Crippen molar-refractivity contribution in [2.24, 2.45) is 5.92 Å². The third-order valence-corrected chi connectivity index (χ3v) is 10.4. The van der Waals surface area contributed by atoms with Crippen LogP contribution in [0.25, 0.3) is 38.5 Å².